The van der Waals surface area contributed by atoms with Gasteiger partial charge in [-0.15, -0.1) is 0 Å². The molecule has 1 saturated heterocycles. The molecule has 1 fully saturated rings. The summed E-state index contributed by atoms with van der Waals surface area (Å²) in [5.74, 6) is 0. The smallest absolute Gasteiger partial charge is 0.0345 e. The highest BCUT2D eigenvalue weighted by Crippen LogP contribution is 2.30. The summed E-state index contributed by atoms with van der Waals surface area (Å²) in [6.07, 6.45) is 2.66. The van der Waals surface area contributed by atoms with Crippen LogP contribution in [0.25, 0.3) is 0 Å². The van der Waals surface area contributed by atoms with E-state index in [9.17, 15) is 0 Å². The first-order valence-electron chi connectivity index (χ1n) is 5.04. The van der Waals surface area contributed by atoms with E-state index in [0.29, 0.717) is 6.04 Å². The van der Waals surface area contributed by atoms with E-state index in [4.69, 9.17) is 0 Å². The molecule has 1 aromatic carbocycles. The fraction of sp³-hybridized carbons (Fsp3) is 0.500. The Morgan fingerprint density at radius 3 is 2.85 bits per heavy atom. The van der Waals surface area contributed by atoms with Crippen LogP contribution in [0.3, 0.4) is 0 Å². The average molecular weight is 175 g/mol. The maximum Gasteiger partial charge on any atom is 0.0345 e. The summed E-state index contributed by atoms with van der Waals surface area (Å²) in [5, 5.41) is 0. The van der Waals surface area contributed by atoms with Crippen molar-refractivity contribution in [1.82, 2.24) is 4.90 Å². The molecule has 1 aromatic rings. The number of rotatable bonds is 1. The number of nitrogens with zero attached hydrogens (tertiary/aromatic N) is 1. The second-order valence-corrected chi connectivity index (χ2v) is 4.05. The Hall–Kier alpha value is -0.820. The SMILES string of the molecule is Cc1cccc([C@@H]2CCCN2C)c1. The fourth-order valence-electron chi connectivity index (χ4n) is 2.21. The van der Waals surface area contributed by atoms with Crippen LogP contribution < -0.4 is 0 Å². The quantitative estimate of drug-likeness (QED) is 0.634. The third-order valence-electron chi connectivity index (χ3n) is 2.95. The normalized spacial score (nSPS) is 23.7. The van der Waals surface area contributed by atoms with Crippen molar-refractivity contribution in [1.29, 1.82) is 0 Å². The topological polar surface area (TPSA) is 3.24 Å². The largest absolute Gasteiger partial charge is 0.299 e. The molecule has 0 aliphatic carbocycles. The minimum absolute atomic E-state index is 0.667. The molecular formula is C12H17N. The zero-order valence-corrected chi connectivity index (χ0v) is 8.46. The van der Waals surface area contributed by atoms with Crippen LogP contribution in [0.2, 0.25) is 0 Å². The lowest BCUT2D eigenvalue weighted by atomic mass is 10.0. The van der Waals surface area contributed by atoms with E-state index in [0.717, 1.165) is 0 Å². The van der Waals surface area contributed by atoms with Crippen LogP contribution in [-0.4, -0.2) is 18.5 Å². The number of hydrogen-bond donors (Lipinski definition) is 0. The van der Waals surface area contributed by atoms with Crippen molar-refractivity contribution in [3.8, 4) is 0 Å². The monoisotopic (exact) mass is 175 g/mol. The third kappa shape index (κ3) is 1.75. The molecule has 1 aliphatic rings. The van der Waals surface area contributed by atoms with Gasteiger partial charge in [0.25, 0.3) is 0 Å². The molecule has 0 N–H and O–H groups in total. The van der Waals surface area contributed by atoms with Gasteiger partial charge in [0.1, 0.15) is 0 Å². The summed E-state index contributed by atoms with van der Waals surface area (Å²) in [7, 11) is 2.22. The first kappa shape index (κ1) is 8.76. The van der Waals surface area contributed by atoms with E-state index in [1.807, 2.05) is 0 Å². The second-order valence-electron chi connectivity index (χ2n) is 4.05. The molecule has 0 saturated carbocycles. The Labute approximate surface area is 80.4 Å². The van der Waals surface area contributed by atoms with Gasteiger partial charge < -0.3 is 0 Å². The Balaban J connectivity index is 2.24. The van der Waals surface area contributed by atoms with Gasteiger partial charge in [-0.1, -0.05) is 29.8 Å². The molecule has 0 bridgehead atoms. The molecule has 2 rings (SSSR count). The van der Waals surface area contributed by atoms with E-state index in [2.05, 4.69) is 43.1 Å². The number of hydrogen-bond acceptors (Lipinski definition) is 1. The Morgan fingerprint density at radius 2 is 2.23 bits per heavy atom. The first-order chi connectivity index (χ1) is 6.27. The summed E-state index contributed by atoms with van der Waals surface area (Å²) in [6.45, 7) is 3.41. The number of benzene rings is 1. The summed E-state index contributed by atoms with van der Waals surface area (Å²) >= 11 is 0. The lowest BCUT2D eigenvalue weighted by Crippen LogP contribution is -2.17. The van der Waals surface area contributed by atoms with Crippen molar-refractivity contribution < 1.29 is 0 Å². The molecule has 0 amide bonds. The van der Waals surface area contributed by atoms with Crippen molar-refractivity contribution in [3.05, 3.63) is 35.4 Å². The van der Waals surface area contributed by atoms with Crippen molar-refractivity contribution in [2.75, 3.05) is 13.6 Å². The summed E-state index contributed by atoms with van der Waals surface area (Å²) in [6, 6.07) is 9.56. The third-order valence-corrected chi connectivity index (χ3v) is 2.95. The molecule has 0 radical (unpaired) electrons. The highest BCUT2D eigenvalue weighted by molar-refractivity contribution is 5.25. The Morgan fingerprint density at radius 1 is 1.38 bits per heavy atom. The van der Waals surface area contributed by atoms with E-state index in [-0.39, 0.29) is 0 Å². The molecule has 0 aromatic heterocycles. The zero-order chi connectivity index (χ0) is 9.26. The molecule has 1 heterocycles. The number of likely N-dealkylation sites (tertiary alicyclic amines) is 1. The maximum atomic E-state index is 2.45. The van der Waals surface area contributed by atoms with Crippen LogP contribution >= 0.6 is 0 Å². The molecule has 1 nitrogen and oxygen atoms in total. The molecule has 1 aliphatic heterocycles. The van der Waals surface area contributed by atoms with Crippen LogP contribution in [0.1, 0.15) is 30.0 Å². The average Bonchev–Trinajstić information content (AvgIpc) is 2.51. The fourth-order valence-corrected chi connectivity index (χ4v) is 2.21. The van der Waals surface area contributed by atoms with Gasteiger partial charge in [-0.2, -0.15) is 0 Å². The summed E-state index contributed by atoms with van der Waals surface area (Å²) in [4.78, 5) is 2.45. The molecule has 13 heavy (non-hydrogen) atoms. The van der Waals surface area contributed by atoms with E-state index in [1.165, 1.54) is 30.5 Å². The van der Waals surface area contributed by atoms with Crippen LogP contribution in [0.4, 0.5) is 0 Å². The minimum atomic E-state index is 0.667. The molecular weight excluding hydrogens is 158 g/mol. The van der Waals surface area contributed by atoms with Gasteiger partial charge in [-0.3, -0.25) is 4.90 Å². The predicted molar refractivity (Wildman–Crippen MR) is 55.8 cm³/mol. The lowest BCUT2D eigenvalue weighted by Gasteiger charge is -2.19. The van der Waals surface area contributed by atoms with Gasteiger partial charge in [0.15, 0.2) is 0 Å². The van der Waals surface area contributed by atoms with Crippen molar-refractivity contribution in [3.63, 3.8) is 0 Å². The van der Waals surface area contributed by atoms with Gasteiger partial charge in [0, 0.05) is 6.04 Å². The highest BCUT2D eigenvalue weighted by Gasteiger charge is 2.21. The van der Waals surface area contributed by atoms with Gasteiger partial charge in [0.2, 0.25) is 0 Å². The van der Waals surface area contributed by atoms with Crippen molar-refractivity contribution in [2.45, 2.75) is 25.8 Å². The Kier molecular flexibility index (Phi) is 2.36. The van der Waals surface area contributed by atoms with Crippen LogP contribution in [-0.2, 0) is 0 Å². The Bertz CT molecular complexity index is 293. The van der Waals surface area contributed by atoms with E-state index < -0.39 is 0 Å². The predicted octanol–water partition coefficient (Wildman–Crippen LogP) is 2.76. The van der Waals surface area contributed by atoms with Crippen LogP contribution in [0, 0.1) is 6.92 Å². The second kappa shape index (κ2) is 3.51. The summed E-state index contributed by atoms with van der Waals surface area (Å²) < 4.78 is 0. The van der Waals surface area contributed by atoms with Crippen LogP contribution in [0.15, 0.2) is 24.3 Å². The first-order valence-corrected chi connectivity index (χ1v) is 5.04. The summed E-state index contributed by atoms with van der Waals surface area (Å²) in [5.41, 5.74) is 2.86. The van der Waals surface area contributed by atoms with Crippen LogP contribution in [0.5, 0.6) is 0 Å². The highest BCUT2D eigenvalue weighted by atomic mass is 15.1. The van der Waals surface area contributed by atoms with E-state index in [1.54, 1.807) is 0 Å². The molecule has 1 heteroatoms. The maximum absolute atomic E-state index is 2.45. The lowest BCUT2D eigenvalue weighted by molar-refractivity contribution is 0.317. The van der Waals surface area contributed by atoms with Crippen molar-refractivity contribution in [2.24, 2.45) is 0 Å². The van der Waals surface area contributed by atoms with Crippen molar-refractivity contribution >= 4 is 0 Å². The molecule has 1 atom stereocenters. The zero-order valence-electron chi connectivity index (χ0n) is 8.46. The number of aryl methyl sites for hydroxylation is 1. The van der Waals surface area contributed by atoms with Gasteiger partial charge in [-0.25, -0.2) is 0 Å². The minimum Gasteiger partial charge on any atom is -0.299 e. The van der Waals surface area contributed by atoms with Gasteiger partial charge >= 0.3 is 0 Å². The standard InChI is InChI=1S/C12H17N/c1-10-5-3-6-11(9-10)12-7-4-8-13(12)2/h3,5-6,9,12H,4,7-8H2,1-2H3/t12-/m0/s1. The van der Waals surface area contributed by atoms with E-state index >= 15 is 0 Å². The molecule has 0 spiro atoms. The molecule has 0 unspecified atom stereocenters. The van der Waals surface area contributed by atoms with Gasteiger partial charge in [-0.05, 0) is 38.9 Å². The molecule has 70 valence electrons. The van der Waals surface area contributed by atoms with Gasteiger partial charge in [0.05, 0.1) is 0 Å².